The van der Waals surface area contributed by atoms with Crippen LogP contribution in [0, 0.1) is 0 Å². The topological polar surface area (TPSA) is 87.7 Å². The van der Waals surface area contributed by atoms with E-state index in [0.717, 1.165) is 11.3 Å². The van der Waals surface area contributed by atoms with E-state index < -0.39 is 0 Å². The summed E-state index contributed by atoms with van der Waals surface area (Å²) in [5.74, 6) is 0.494. The number of rotatable bonds is 7. The first-order valence-electron chi connectivity index (χ1n) is 9.50. The van der Waals surface area contributed by atoms with Crippen LogP contribution in [0.4, 0.5) is 5.13 Å². The zero-order valence-corrected chi connectivity index (χ0v) is 18.0. The number of aryl methyl sites for hydroxylation is 1. The molecule has 2 N–H and O–H groups in total. The van der Waals surface area contributed by atoms with Crippen LogP contribution in [0.15, 0.2) is 63.6 Å². The lowest BCUT2D eigenvalue weighted by atomic mass is 10.2. The van der Waals surface area contributed by atoms with Crippen LogP contribution < -0.4 is 10.9 Å². The molecular weight excluding hydrogens is 416 g/mol. The Kier molecular flexibility index (Phi) is 6.25. The lowest BCUT2D eigenvalue weighted by Crippen LogP contribution is -2.14. The molecule has 0 bridgehead atoms. The monoisotopic (exact) mass is 436 g/mol. The second-order valence-corrected chi connectivity index (χ2v) is 8.44. The molecule has 1 amide bonds. The van der Waals surface area contributed by atoms with Crippen molar-refractivity contribution >= 4 is 45.0 Å². The smallest absolute Gasteiger partial charge is 0.258 e. The van der Waals surface area contributed by atoms with Crippen LogP contribution in [-0.4, -0.2) is 27.1 Å². The Morgan fingerprint density at radius 2 is 1.93 bits per heavy atom. The van der Waals surface area contributed by atoms with E-state index in [-0.39, 0.29) is 11.5 Å². The lowest BCUT2D eigenvalue weighted by Gasteiger charge is -2.04. The highest BCUT2D eigenvalue weighted by atomic mass is 32.2. The van der Waals surface area contributed by atoms with Gasteiger partial charge in [0.05, 0.1) is 16.6 Å². The van der Waals surface area contributed by atoms with E-state index in [0.29, 0.717) is 41.1 Å². The molecule has 4 rings (SSSR count). The second kappa shape index (κ2) is 9.23. The number of nitrogens with one attached hydrogen (secondary N) is 2. The van der Waals surface area contributed by atoms with Crippen LogP contribution in [0.5, 0.6) is 0 Å². The largest absolute Gasteiger partial charge is 0.310 e. The van der Waals surface area contributed by atoms with Crippen LogP contribution in [0.25, 0.3) is 22.2 Å². The molecule has 2 aromatic heterocycles. The second-order valence-electron chi connectivity index (χ2n) is 6.70. The molecule has 0 fully saturated rings. The van der Waals surface area contributed by atoms with Crippen LogP contribution in [-0.2, 0) is 11.2 Å². The Morgan fingerprint density at radius 3 is 2.73 bits per heavy atom. The molecular formula is C22H20N4O2S2. The van der Waals surface area contributed by atoms with Crippen molar-refractivity contribution in [3.8, 4) is 11.3 Å². The van der Waals surface area contributed by atoms with Gasteiger partial charge in [0.15, 0.2) is 5.13 Å². The highest BCUT2D eigenvalue weighted by Crippen LogP contribution is 2.26. The molecule has 30 heavy (non-hydrogen) atoms. The molecule has 0 aliphatic rings. The number of fused-ring (bicyclic) bond motifs is 1. The summed E-state index contributed by atoms with van der Waals surface area (Å²) in [6.45, 7) is 0. The number of thiazole rings is 1. The zero-order valence-electron chi connectivity index (χ0n) is 16.3. The van der Waals surface area contributed by atoms with E-state index in [1.54, 1.807) is 17.8 Å². The summed E-state index contributed by atoms with van der Waals surface area (Å²) < 4.78 is 0. The van der Waals surface area contributed by atoms with Crippen molar-refractivity contribution in [3.63, 3.8) is 0 Å². The number of hydrogen-bond acceptors (Lipinski definition) is 6. The highest BCUT2D eigenvalue weighted by molar-refractivity contribution is 7.98. The molecule has 2 aromatic carbocycles. The molecule has 4 aromatic rings. The van der Waals surface area contributed by atoms with Crippen molar-refractivity contribution in [2.45, 2.75) is 24.2 Å². The van der Waals surface area contributed by atoms with Crippen LogP contribution in [0.2, 0.25) is 0 Å². The standard InChI is InChI=1S/C22H20N4O2S2/c1-29-15-11-9-14(10-12-15)18-13-30-22(24-18)26-20(27)8-4-7-19-23-17-6-3-2-5-16(17)21(28)25-19/h2-3,5-6,9-13H,4,7-8H2,1H3,(H,23,25,28)(H,24,26,27). The summed E-state index contributed by atoms with van der Waals surface area (Å²) in [6.07, 6.45) is 3.48. The van der Waals surface area contributed by atoms with Crippen molar-refractivity contribution in [2.75, 3.05) is 11.6 Å². The minimum absolute atomic E-state index is 0.100. The first-order chi connectivity index (χ1) is 14.6. The van der Waals surface area contributed by atoms with Crippen LogP contribution in [0.3, 0.4) is 0 Å². The molecule has 0 aliphatic carbocycles. The maximum Gasteiger partial charge on any atom is 0.258 e. The summed E-state index contributed by atoms with van der Waals surface area (Å²) in [5.41, 5.74) is 2.39. The van der Waals surface area contributed by atoms with E-state index in [1.165, 1.54) is 16.2 Å². The number of amides is 1. The fraction of sp³-hybridized carbons (Fsp3) is 0.182. The average molecular weight is 437 g/mol. The van der Waals surface area contributed by atoms with Crippen molar-refractivity contribution in [3.05, 3.63) is 70.1 Å². The third-order valence-electron chi connectivity index (χ3n) is 4.62. The number of hydrogen-bond donors (Lipinski definition) is 2. The predicted octanol–water partition coefficient (Wildman–Crippen LogP) is 4.73. The minimum Gasteiger partial charge on any atom is -0.310 e. The third kappa shape index (κ3) is 4.77. The number of H-pyrrole nitrogens is 1. The number of thioether (sulfide) groups is 1. The van der Waals surface area contributed by atoms with Crippen molar-refractivity contribution in [1.29, 1.82) is 0 Å². The molecule has 8 heteroatoms. The summed E-state index contributed by atoms with van der Waals surface area (Å²) in [5, 5.41) is 5.95. The van der Waals surface area contributed by atoms with Gasteiger partial charge in [-0.2, -0.15) is 0 Å². The van der Waals surface area contributed by atoms with Crippen molar-refractivity contribution < 1.29 is 4.79 Å². The minimum atomic E-state index is -0.152. The quantitative estimate of drug-likeness (QED) is 0.409. The van der Waals surface area contributed by atoms with Gasteiger partial charge in [-0.1, -0.05) is 24.3 Å². The molecule has 0 unspecified atom stereocenters. The van der Waals surface area contributed by atoms with Gasteiger partial charge in [0, 0.05) is 28.7 Å². The Bertz CT molecular complexity index is 1230. The fourth-order valence-electron chi connectivity index (χ4n) is 3.08. The van der Waals surface area contributed by atoms with Crippen LogP contribution >= 0.6 is 23.1 Å². The molecule has 0 atom stereocenters. The van der Waals surface area contributed by atoms with Gasteiger partial charge in [-0.15, -0.1) is 23.1 Å². The van der Waals surface area contributed by atoms with E-state index in [4.69, 9.17) is 0 Å². The molecule has 0 saturated heterocycles. The summed E-state index contributed by atoms with van der Waals surface area (Å²) in [7, 11) is 0. The van der Waals surface area contributed by atoms with Gasteiger partial charge in [0.25, 0.3) is 5.56 Å². The Morgan fingerprint density at radius 1 is 1.13 bits per heavy atom. The molecule has 6 nitrogen and oxygen atoms in total. The van der Waals surface area contributed by atoms with Gasteiger partial charge in [-0.05, 0) is 36.9 Å². The fourth-order valence-corrected chi connectivity index (χ4v) is 4.22. The molecule has 0 spiro atoms. The maximum absolute atomic E-state index is 12.3. The zero-order chi connectivity index (χ0) is 20.9. The van der Waals surface area contributed by atoms with E-state index >= 15 is 0 Å². The average Bonchev–Trinajstić information content (AvgIpc) is 3.22. The van der Waals surface area contributed by atoms with Gasteiger partial charge < -0.3 is 10.3 Å². The lowest BCUT2D eigenvalue weighted by molar-refractivity contribution is -0.116. The number of para-hydroxylation sites is 1. The van der Waals surface area contributed by atoms with E-state index in [9.17, 15) is 9.59 Å². The highest BCUT2D eigenvalue weighted by Gasteiger charge is 2.09. The number of carbonyl (C=O) groups is 1. The summed E-state index contributed by atoms with van der Waals surface area (Å²) in [6, 6.07) is 15.4. The number of aromatic nitrogens is 3. The first-order valence-corrected chi connectivity index (χ1v) is 11.6. The SMILES string of the molecule is CSc1ccc(-c2csc(NC(=O)CCCc3nc4ccccc4c(=O)[nH]3)n2)cc1. The van der Waals surface area contributed by atoms with Gasteiger partial charge >= 0.3 is 0 Å². The Balaban J connectivity index is 1.32. The normalized spacial score (nSPS) is 11.0. The van der Waals surface area contributed by atoms with Crippen molar-refractivity contribution in [1.82, 2.24) is 15.0 Å². The van der Waals surface area contributed by atoms with Gasteiger partial charge in [-0.25, -0.2) is 9.97 Å². The summed E-state index contributed by atoms with van der Waals surface area (Å²) in [4.78, 5) is 37.3. The Hall–Kier alpha value is -2.97. The number of benzene rings is 2. The van der Waals surface area contributed by atoms with Crippen LogP contribution in [0.1, 0.15) is 18.7 Å². The predicted molar refractivity (Wildman–Crippen MR) is 123 cm³/mol. The number of anilines is 1. The van der Waals surface area contributed by atoms with Gasteiger partial charge in [-0.3, -0.25) is 9.59 Å². The van der Waals surface area contributed by atoms with Gasteiger partial charge in [0.2, 0.25) is 5.91 Å². The molecule has 2 heterocycles. The van der Waals surface area contributed by atoms with E-state index in [2.05, 4.69) is 32.4 Å². The maximum atomic E-state index is 12.3. The van der Waals surface area contributed by atoms with Gasteiger partial charge in [0.1, 0.15) is 5.82 Å². The number of nitrogens with zero attached hydrogens (tertiary/aromatic N) is 2. The molecule has 0 saturated carbocycles. The Labute approximate surface area is 181 Å². The molecule has 0 radical (unpaired) electrons. The number of aromatic amines is 1. The number of carbonyl (C=O) groups excluding carboxylic acids is 1. The van der Waals surface area contributed by atoms with Crippen molar-refractivity contribution in [2.24, 2.45) is 0 Å². The third-order valence-corrected chi connectivity index (χ3v) is 6.12. The molecule has 0 aliphatic heterocycles. The van der Waals surface area contributed by atoms with E-state index in [1.807, 2.05) is 42.0 Å². The molecule has 152 valence electrons. The first kappa shape index (κ1) is 20.3. The summed E-state index contributed by atoms with van der Waals surface area (Å²) >= 11 is 3.10.